The molecule has 3 aliphatic rings. The van der Waals surface area contributed by atoms with Crippen LogP contribution in [-0.2, 0) is 9.53 Å². The molecule has 2 aliphatic heterocycles. The van der Waals surface area contributed by atoms with Crippen molar-refractivity contribution in [1.29, 1.82) is 0 Å². The Labute approximate surface area is 188 Å². The van der Waals surface area contributed by atoms with Crippen LogP contribution in [0.2, 0.25) is 0 Å². The Morgan fingerprint density at radius 2 is 1.75 bits per heavy atom. The summed E-state index contributed by atoms with van der Waals surface area (Å²) in [6.45, 7) is 3.96. The lowest BCUT2D eigenvalue weighted by molar-refractivity contribution is -0.126. The predicted octanol–water partition coefficient (Wildman–Crippen LogP) is 3.96. The zero-order valence-corrected chi connectivity index (χ0v) is 18.7. The Balaban J connectivity index is 1.13. The van der Waals surface area contributed by atoms with E-state index in [-0.39, 0.29) is 29.1 Å². The van der Waals surface area contributed by atoms with Gasteiger partial charge in [0.15, 0.2) is 5.78 Å². The highest BCUT2D eigenvalue weighted by molar-refractivity contribution is 5.98. The molecular formula is C25H34F2N2O3. The number of halogens is 2. The van der Waals surface area contributed by atoms with Crippen molar-refractivity contribution >= 4 is 11.7 Å². The summed E-state index contributed by atoms with van der Waals surface area (Å²) in [5.41, 5.74) is 0.00848. The number of piperidine rings is 1. The zero-order valence-electron chi connectivity index (χ0n) is 18.7. The van der Waals surface area contributed by atoms with Crippen molar-refractivity contribution in [2.75, 3.05) is 32.8 Å². The highest BCUT2D eigenvalue weighted by Crippen LogP contribution is 2.29. The first-order chi connectivity index (χ1) is 15.5. The Hall–Kier alpha value is -1.86. The molecule has 2 saturated heterocycles. The number of nitrogens with zero attached hydrogens (tertiary/aromatic N) is 1. The zero-order chi connectivity index (χ0) is 22.5. The second-order valence-corrected chi connectivity index (χ2v) is 9.68. The number of ketones is 1. The van der Waals surface area contributed by atoms with E-state index in [4.69, 9.17) is 4.74 Å². The number of likely N-dealkylation sites (tertiary alicyclic amines) is 1. The number of Topliss-reactive ketones (excluding diaryl/α,β-unsaturated/α-hetero) is 1. The van der Waals surface area contributed by atoms with Crippen LogP contribution in [0, 0.1) is 29.4 Å². The van der Waals surface area contributed by atoms with Crippen LogP contribution in [0.4, 0.5) is 8.78 Å². The maximum atomic E-state index is 13.9. The van der Waals surface area contributed by atoms with Crippen molar-refractivity contribution in [3.05, 3.63) is 35.4 Å². The molecule has 5 nitrogen and oxygen atoms in total. The average molecular weight is 449 g/mol. The number of carbonyl (C=O) groups is 2. The van der Waals surface area contributed by atoms with Gasteiger partial charge in [0, 0.05) is 24.6 Å². The number of amides is 1. The van der Waals surface area contributed by atoms with Crippen molar-refractivity contribution in [1.82, 2.24) is 10.2 Å². The second kappa shape index (κ2) is 10.8. The van der Waals surface area contributed by atoms with E-state index in [2.05, 4.69) is 10.2 Å². The van der Waals surface area contributed by atoms with Crippen molar-refractivity contribution in [3.8, 4) is 0 Å². The molecule has 1 atom stereocenters. The van der Waals surface area contributed by atoms with Crippen LogP contribution in [0.3, 0.4) is 0 Å². The molecule has 1 saturated carbocycles. The predicted molar refractivity (Wildman–Crippen MR) is 117 cm³/mol. The topological polar surface area (TPSA) is 58.6 Å². The minimum Gasteiger partial charge on any atom is -0.381 e. The first-order valence-corrected chi connectivity index (χ1v) is 12.1. The van der Waals surface area contributed by atoms with Crippen LogP contribution >= 0.6 is 0 Å². The van der Waals surface area contributed by atoms with Crippen molar-refractivity contribution in [2.24, 2.45) is 17.8 Å². The maximum absolute atomic E-state index is 13.9. The summed E-state index contributed by atoms with van der Waals surface area (Å²) in [4.78, 5) is 27.3. The first kappa shape index (κ1) is 23.3. The molecular weight excluding hydrogens is 414 g/mol. The molecule has 1 unspecified atom stereocenters. The summed E-state index contributed by atoms with van der Waals surface area (Å²) in [7, 11) is 0. The van der Waals surface area contributed by atoms with E-state index in [1.165, 1.54) is 6.07 Å². The van der Waals surface area contributed by atoms with Gasteiger partial charge in [0.2, 0.25) is 5.91 Å². The van der Waals surface area contributed by atoms with Gasteiger partial charge in [-0.25, -0.2) is 8.78 Å². The molecule has 1 N–H and O–H groups in total. The molecule has 1 amide bonds. The second-order valence-electron chi connectivity index (χ2n) is 9.68. The van der Waals surface area contributed by atoms with Gasteiger partial charge in [0.25, 0.3) is 0 Å². The summed E-state index contributed by atoms with van der Waals surface area (Å²) >= 11 is 0. The van der Waals surface area contributed by atoms with E-state index in [0.29, 0.717) is 25.2 Å². The van der Waals surface area contributed by atoms with Gasteiger partial charge in [-0.05, 0) is 89.1 Å². The number of hydrogen-bond donors (Lipinski definition) is 1. The number of benzene rings is 1. The normalized spacial score (nSPS) is 27.4. The van der Waals surface area contributed by atoms with Crippen LogP contribution in [0.1, 0.15) is 61.7 Å². The summed E-state index contributed by atoms with van der Waals surface area (Å²) in [5, 5.41) is 3.21. The lowest BCUT2D eigenvalue weighted by Crippen LogP contribution is -2.41. The van der Waals surface area contributed by atoms with Gasteiger partial charge in [-0.1, -0.05) is 0 Å². The van der Waals surface area contributed by atoms with Crippen LogP contribution in [-0.4, -0.2) is 55.5 Å². The summed E-state index contributed by atoms with van der Waals surface area (Å²) < 4.78 is 32.3. The minimum absolute atomic E-state index is 0.00848. The lowest BCUT2D eigenvalue weighted by Gasteiger charge is -2.34. The van der Waals surface area contributed by atoms with Gasteiger partial charge in [0.05, 0.1) is 18.1 Å². The molecule has 3 fully saturated rings. The van der Waals surface area contributed by atoms with Gasteiger partial charge in [-0.2, -0.15) is 0 Å². The molecule has 32 heavy (non-hydrogen) atoms. The van der Waals surface area contributed by atoms with Crippen molar-refractivity contribution in [3.63, 3.8) is 0 Å². The summed E-state index contributed by atoms with van der Waals surface area (Å²) in [6.07, 6.45) is 7.80. The molecule has 2 heterocycles. The monoisotopic (exact) mass is 448 g/mol. The van der Waals surface area contributed by atoms with Gasteiger partial charge >= 0.3 is 0 Å². The smallest absolute Gasteiger partial charge is 0.225 e. The standard InChI is InChI=1S/C25H34F2N2O3/c26-20-3-6-22(23(27)15-20)24(30)18-8-12-29(13-9-18)11-7-17-1-4-21(5-2-17)28-25(31)19-10-14-32-16-19/h3,6,15,17-19,21H,1-2,4-5,7-14,16H2,(H,28,31)/t17-,19?,21-. The van der Waals surface area contributed by atoms with Crippen molar-refractivity contribution < 1.29 is 23.1 Å². The molecule has 176 valence electrons. The van der Waals surface area contributed by atoms with E-state index >= 15 is 0 Å². The fourth-order valence-corrected chi connectivity index (χ4v) is 5.35. The molecule has 1 aromatic carbocycles. The average Bonchev–Trinajstić information content (AvgIpc) is 3.34. The number of rotatable bonds is 7. The third-order valence-corrected chi connectivity index (χ3v) is 7.50. The van der Waals surface area contributed by atoms with Crippen LogP contribution < -0.4 is 5.32 Å². The Morgan fingerprint density at radius 3 is 2.41 bits per heavy atom. The molecule has 4 rings (SSSR count). The molecule has 0 radical (unpaired) electrons. The van der Waals surface area contributed by atoms with E-state index in [9.17, 15) is 18.4 Å². The Bertz CT molecular complexity index is 796. The van der Waals surface area contributed by atoms with Gasteiger partial charge in [-0.15, -0.1) is 0 Å². The fraction of sp³-hybridized carbons (Fsp3) is 0.680. The van der Waals surface area contributed by atoms with Crippen LogP contribution in [0.25, 0.3) is 0 Å². The van der Waals surface area contributed by atoms with Crippen molar-refractivity contribution in [2.45, 2.75) is 57.4 Å². The first-order valence-electron chi connectivity index (χ1n) is 12.1. The summed E-state index contributed by atoms with van der Waals surface area (Å²) in [6, 6.07) is 3.49. The SMILES string of the molecule is O=C(N[C@H]1CC[C@H](CCN2CCC(C(=O)c3ccc(F)cc3F)CC2)CC1)C1CCOC1. The van der Waals surface area contributed by atoms with E-state index in [1.54, 1.807) is 0 Å². The molecule has 0 aromatic heterocycles. The van der Waals surface area contributed by atoms with E-state index in [0.717, 1.165) is 83.1 Å². The molecule has 0 spiro atoms. The molecule has 7 heteroatoms. The molecule has 1 aliphatic carbocycles. The highest BCUT2D eigenvalue weighted by Gasteiger charge is 2.30. The van der Waals surface area contributed by atoms with Gasteiger partial charge < -0.3 is 15.0 Å². The Kier molecular flexibility index (Phi) is 7.89. The lowest BCUT2D eigenvalue weighted by atomic mass is 9.83. The number of nitrogens with one attached hydrogen (secondary N) is 1. The fourth-order valence-electron chi connectivity index (χ4n) is 5.35. The maximum Gasteiger partial charge on any atom is 0.225 e. The van der Waals surface area contributed by atoms with Crippen LogP contribution in [0.15, 0.2) is 18.2 Å². The third kappa shape index (κ3) is 5.93. The third-order valence-electron chi connectivity index (χ3n) is 7.50. The van der Waals surface area contributed by atoms with Gasteiger partial charge in [-0.3, -0.25) is 9.59 Å². The van der Waals surface area contributed by atoms with E-state index in [1.807, 2.05) is 0 Å². The number of hydrogen-bond acceptors (Lipinski definition) is 4. The number of ether oxygens (including phenoxy) is 1. The van der Waals surface area contributed by atoms with E-state index < -0.39 is 11.6 Å². The summed E-state index contributed by atoms with van der Waals surface area (Å²) in [5.74, 6) is -0.937. The molecule has 1 aromatic rings. The van der Waals surface area contributed by atoms with Crippen LogP contribution in [0.5, 0.6) is 0 Å². The highest BCUT2D eigenvalue weighted by atomic mass is 19.1. The largest absolute Gasteiger partial charge is 0.381 e. The Morgan fingerprint density at radius 1 is 1.00 bits per heavy atom. The molecule has 0 bridgehead atoms. The number of carbonyl (C=O) groups excluding carboxylic acids is 2. The minimum atomic E-state index is -0.763. The quantitative estimate of drug-likeness (QED) is 0.642. The van der Waals surface area contributed by atoms with Gasteiger partial charge in [0.1, 0.15) is 11.6 Å².